The molecule has 0 unspecified atom stereocenters. The van der Waals surface area contributed by atoms with Gasteiger partial charge in [0.15, 0.2) is 0 Å². The molecular formula is C30H27ClFN3O2. The van der Waals surface area contributed by atoms with Crippen LogP contribution in [0.25, 0.3) is 22.0 Å². The maximum atomic E-state index is 13.7. The van der Waals surface area contributed by atoms with Crippen molar-refractivity contribution in [2.45, 2.75) is 25.3 Å². The number of aromatic nitrogens is 1. The first-order valence-electron chi connectivity index (χ1n) is 12.1. The van der Waals surface area contributed by atoms with Gasteiger partial charge in [-0.1, -0.05) is 29.8 Å². The summed E-state index contributed by atoms with van der Waals surface area (Å²) in [6, 6.07) is 18.1. The first-order valence-corrected chi connectivity index (χ1v) is 12.5. The minimum absolute atomic E-state index is 0.0677. The predicted octanol–water partition coefficient (Wildman–Crippen LogP) is 6.53. The summed E-state index contributed by atoms with van der Waals surface area (Å²) in [6.45, 7) is 2.98. The number of methoxy groups -OCH3 is 1. The SMILES string of the molecule is C1=CNC1.COc1ccc(C)c(C(=O)NC2(c3cc(-c4ccc(F)c(Cl)c4)cc4ncccc34)CC2)c1. The lowest BCUT2D eigenvalue weighted by atomic mass is 9.93. The molecule has 37 heavy (non-hydrogen) atoms. The lowest BCUT2D eigenvalue weighted by Crippen LogP contribution is -2.35. The van der Waals surface area contributed by atoms with Crippen molar-refractivity contribution in [2.75, 3.05) is 13.7 Å². The van der Waals surface area contributed by atoms with E-state index in [1.54, 1.807) is 31.5 Å². The van der Waals surface area contributed by atoms with Crippen LogP contribution in [0.3, 0.4) is 0 Å². The van der Waals surface area contributed by atoms with Gasteiger partial charge in [0.05, 0.1) is 23.2 Å². The molecule has 2 aliphatic rings. The van der Waals surface area contributed by atoms with Gasteiger partial charge in [-0.3, -0.25) is 9.78 Å². The molecule has 1 amide bonds. The lowest BCUT2D eigenvalue weighted by molar-refractivity contribution is 0.0930. The average Bonchev–Trinajstić information content (AvgIpc) is 3.64. The number of benzene rings is 3. The number of carbonyl (C=O) groups is 1. The van der Waals surface area contributed by atoms with Gasteiger partial charge in [0.25, 0.3) is 5.91 Å². The normalized spacial score (nSPS) is 14.6. The number of hydrogen-bond acceptors (Lipinski definition) is 4. The number of fused-ring (bicyclic) bond motifs is 1. The van der Waals surface area contributed by atoms with Crippen molar-refractivity contribution < 1.29 is 13.9 Å². The summed E-state index contributed by atoms with van der Waals surface area (Å²) in [5.41, 5.74) is 4.45. The highest BCUT2D eigenvalue weighted by Crippen LogP contribution is 2.49. The van der Waals surface area contributed by atoms with Gasteiger partial charge in [-0.15, -0.1) is 0 Å². The van der Waals surface area contributed by atoms with Gasteiger partial charge in [-0.25, -0.2) is 4.39 Å². The maximum absolute atomic E-state index is 13.7. The van der Waals surface area contributed by atoms with Gasteiger partial charge >= 0.3 is 0 Å². The van der Waals surface area contributed by atoms with E-state index in [2.05, 4.69) is 27.8 Å². The second-order valence-electron chi connectivity index (χ2n) is 9.25. The van der Waals surface area contributed by atoms with Gasteiger partial charge in [0, 0.05) is 23.7 Å². The fourth-order valence-corrected chi connectivity index (χ4v) is 4.56. The minimum Gasteiger partial charge on any atom is -0.497 e. The zero-order valence-electron chi connectivity index (χ0n) is 20.6. The molecule has 2 heterocycles. The van der Waals surface area contributed by atoms with E-state index >= 15 is 0 Å². The molecule has 0 saturated heterocycles. The Labute approximate surface area is 220 Å². The minimum atomic E-state index is -0.492. The van der Waals surface area contributed by atoms with Crippen molar-refractivity contribution in [3.8, 4) is 16.9 Å². The van der Waals surface area contributed by atoms with Crippen molar-refractivity contribution >= 4 is 28.4 Å². The summed E-state index contributed by atoms with van der Waals surface area (Å²) in [7, 11) is 1.58. The molecule has 4 aromatic rings. The number of nitrogens with one attached hydrogen (secondary N) is 2. The number of aryl methyl sites for hydroxylation is 1. The Hall–Kier alpha value is -3.90. The molecule has 7 heteroatoms. The molecule has 1 aliphatic heterocycles. The molecule has 2 N–H and O–H groups in total. The van der Waals surface area contributed by atoms with E-state index in [1.807, 2.05) is 43.5 Å². The Morgan fingerprint density at radius 2 is 1.86 bits per heavy atom. The molecule has 5 nitrogen and oxygen atoms in total. The van der Waals surface area contributed by atoms with Crippen LogP contribution >= 0.6 is 11.6 Å². The second kappa shape index (κ2) is 10.2. The van der Waals surface area contributed by atoms with Crippen molar-refractivity contribution in [1.82, 2.24) is 15.6 Å². The summed E-state index contributed by atoms with van der Waals surface area (Å²) in [6.07, 6.45) is 7.38. The summed E-state index contributed by atoms with van der Waals surface area (Å²) in [5.74, 6) is 0.0377. The number of ether oxygens (including phenoxy) is 1. The van der Waals surface area contributed by atoms with E-state index in [0.717, 1.165) is 52.5 Å². The fourth-order valence-electron chi connectivity index (χ4n) is 4.38. The zero-order valence-corrected chi connectivity index (χ0v) is 21.4. The molecule has 3 aromatic carbocycles. The largest absolute Gasteiger partial charge is 0.497 e. The van der Waals surface area contributed by atoms with Gasteiger partial charge in [0.2, 0.25) is 0 Å². The van der Waals surface area contributed by atoms with Crippen molar-refractivity contribution in [3.05, 3.63) is 107 Å². The van der Waals surface area contributed by atoms with Gasteiger partial charge < -0.3 is 15.4 Å². The number of hydrogen-bond donors (Lipinski definition) is 2. The van der Waals surface area contributed by atoms with Crippen LogP contribution in [0.1, 0.15) is 34.3 Å². The highest BCUT2D eigenvalue weighted by Gasteiger charge is 2.47. The molecule has 0 atom stereocenters. The summed E-state index contributed by atoms with van der Waals surface area (Å²) >= 11 is 6.04. The molecule has 1 aromatic heterocycles. The molecule has 1 aliphatic carbocycles. The average molecular weight is 516 g/mol. The Morgan fingerprint density at radius 1 is 1.11 bits per heavy atom. The fraction of sp³-hybridized carbons (Fsp3) is 0.200. The third kappa shape index (κ3) is 5.16. The van der Waals surface area contributed by atoms with E-state index in [4.69, 9.17) is 16.3 Å². The number of amides is 1. The standard InChI is InChI=1S/C27H22ClFN2O2.C3H5N/c1-16-5-7-19(33-2)15-21(16)26(32)31-27(9-10-27)22-12-18(14-25-20(22)4-3-11-30-25)17-6-8-24(29)23(28)13-17;1-2-4-3-1/h3-8,11-15H,9-10H2,1-2H3,(H,31,32);1-2,4H,3H2. The summed E-state index contributed by atoms with van der Waals surface area (Å²) < 4.78 is 19.0. The van der Waals surface area contributed by atoms with Crippen LogP contribution in [0.2, 0.25) is 5.02 Å². The molecule has 6 rings (SSSR count). The third-order valence-corrected chi connectivity index (χ3v) is 7.04. The van der Waals surface area contributed by atoms with Crippen LogP contribution in [0, 0.1) is 12.7 Å². The Bertz CT molecular complexity index is 1510. The van der Waals surface area contributed by atoms with Crippen LogP contribution < -0.4 is 15.4 Å². The Morgan fingerprint density at radius 3 is 2.51 bits per heavy atom. The number of halogens is 2. The molecule has 0 radical (unpaired) electrons. The molecule has 0 spiro atoms. The molecular weight excluding hydrogens is 489 g/mol. The molecule has 1 saturated carbocycles. The predicted molar refractivity (Wildman–Crippen MR) is 145 cm³/mol. The quantitative estimate of drug-likeness (QED) is 0.317. The van der Waals surface area contributed by atoms with Crippen molar-refractivity contribution in [2.24, 2.45) is 0 Å². The highest BCUT2D eigenvalue weighted by molar-refractivity contribution is 6.31. The topological polar surface area (TPSA) is 63.2 Å². The molecule has 1 fully saturated rings. The smallest absolute Gasteiger partial charge is 0.252 e. The number of pyridine rings is 1. The van der Waals surface area contributed by atoms with E-state index in [0.29, 0.717) is 11.3 Å². The van der Waals surface area contributed by atoms with Crippen molar-refractivity contribution in [1.29, 1.82) is 0 Å². The number of nitrogens with zero attached hydrogens (tertiary/aromatic N) is 1. The number of rotatable bonds is 5. The van der Waals surface area contributed by atoms with E-state index in [9.17, 15) is 9.18 Å². The lowest BCUT2D eigenvalue weighted by Gasteiger charge is -2.22. The molecule has 0 bridgehead atoms. The maximum Gasteiger partial charge on any atom is 0.252 e. The summed E-state index contributed by atoms with van der Waals surface area (Å²) in [5, 5.41) is 7.25. The van der Waals surface area contributed by atoms with Crippen LogP contribution in [0.15, 0.2) is 79.1 Å². The monoisotopic (exact) mass is 515 g/mol. The highest BCUT2D eigenvalue weighted by atomic mass is 35.5. The van der Waals surface area contributed by atoms with Crippen LogP contribution in [-0.4, -0.2) is 24.5 Å². The van der Waals surface area contributed by atoms with Gasteiger partial charge in [-0.2, -0.15) is 0 Å². The first-order chi connectivity index (χ1) is 17.9. The van der Waals surface area contributed by atoms with Crippen LogP contribution in [-0.2, 0) is 5.54 Å². The van der Waals surface area contributed by atoms with E-state index in [1.165, 1.54) is 6.07 Å². The molecule has 188 valence electrons. The second-order valence-corrected chi connectivity index (χ2v) is 9.66. The Kier molecular flexibility index (Phi) is 6.85. The zero-order chi connectivity index (χ0) is 26.0. The van der Waals surface area contributed by atoms with Crippen molar-refractivity contribution in [3.63, 3.8) is 0 Å². The Balaban J connectivity index is 0.000000640. The van der Waals surface area contributed by atoms with E-state index < -0.39 is 11.4 Å². The third-order valence-electron chi connectivity index (χ3n) is 6.75. The summed E-state index contributed by atoms with van der Waals surface area (Å²) in [4.78, 5) is 17.8. The van der Waals surface area contributed by atoms with E-state index in [-0.39, 0.29) is 10.9 Å². The number of carbonyl (C=O) groups excluding carboxylic acids is 1. The first kappa shape index (κ1) is 24.8. The van der Waals surface area contributed by atoms with Crippen LogP contribution in [0.4, 0.5) is 4.39 Å². The van der Waals surface area contributed by atoms with Gasteiger partial charge in [0.1, 0.15) is 11.6 Å². The van der Waals surface area contributed by atoms with Crippen LogP contribution in [0.5, 0.6) is 5.75 Å². The van der Waals surface area contributed by atoms with Gasteiger partial charge in [-0.05, 0) is 96.8 Å².